The summed E-state index contributed by atoms with van der Waals surface area (Å²) < 4.78 is 43.3. The Bertz CT molecular complexity index is 914. The van der Waals surface area contributed by atoms with Gasteiger partial charge in [0.25, 0.3) is 5.91 Å². The smallest absolute Gasteiger partial charge is 0.255 e. The van der Waals surface area contributed by atoms with Crippen molar-refractivity contribution >= 4 is 21.8 Å². The minimum absolute atomic E-state index is 0.0418. The van der Waals surface area contributed by atoms with Gasteiger partial charge in [0.1, 0.15) is 0 Å². The van der Waals surface area contributed by atoms with Crippen molar-refractivity contribution in [3.8, 4) is 11.5 Å². The van der Waals surface area contributed by atoms with E-state index >= 15 is 0 Å². The van der Waals surface area contributed by atoms with Gasteiger partial charge in [0.05, 0.1) is 37.9 Å². The van der Waals surface area contributed by atoms with E-state index in [2.05, 4.69) is 5.32 Å². The average Bonchev–Trinajstić information content (AvgIpc) is 3.20. The standard InChI is InChI=1S/C20H29N3O7S/c1-28-17-14-15(31(26,27)23-9-11-30-12-10-23)13-16(19(17)29-2)20(25)21-6-4-8-22-7-3-5-18(22)24/h13-14H,3-12H2,1-2H3,(H,21,25). The number of methoxy groups -OCH3 is 2. The Hall–Kier alpha value is -2.37. The molecule has 31 heavy (non-hydrogen) atoms. The third-order valence-electron chi connectivity index (χ3n) is 5.37. The normalized spacial score (nSPS) is 17.6. The van der Waals surface area contributed by atoms with Crippen LogP contribution in [-0.4, -0.2) is 89.6 Å². The molecule has 2 aliphatic heterocycles. The van der Waals surface area contributed by atoms with Gasteiger partial charge >= 0.3 is 0 Å². The lowest BCUT2D eigenvalue weighted by Gasteiger charge is -2.26. The zero-order valence-corrected chi connectivity index (χ0v) is 18.7. The lowest BCUT2D eigenvalue weighted by atomic mass is 10.1. The number of carbonyl (C=O) groups is 2. The number of rotatable bonds is 9. The Morgan fingerprint density at radius 1 is 1.16 bits per heavy atom. The molecule has 2 amide bonds. The maximum absolute atomic E-state index is 13.1. The van der Waals surface area contributed by atoms with Crippen molar-refractivity contribution in [2.45, 2.75) is 24.2 Å². The number of likely N-dealkylation sites (tertiary alicyclic amines) is 1. The predicted molar refractivity (Wildman–Crippen MR) is 112 cm³/mol. The summed E-state index contributed by atoms with van der Waals surface area (Å²) in [5, 5.41) is 2.78. The fraction of sp³-hybridized carbons (Fsp3) is 0.600. The minimum Gasteiger partial charge on any atom is -0.493 e. The number of benzene rings is 1. The van der Waals surface area contributed by atoms with E-state index in [9.17, 15) is 18.0 Å². The van der Waals surface area contributed by atoms with Crippen molar-refractivity contribution in [1.29, 1.82) is 0 Å². The van der Waals surface area contributed by atoms with E-state index in [1.165, 1.54) is 30.7 Å². The van der Waals surface area contributed by atoms with Gasteiger partial charge in [0.2, 0.25) is 15.9 Å². The molecule has 2 fully saturated rings. The molecular formula is C20H29N3O7S. The SMILES string of the molecule is COc1cc(S(=O)(=O)N2CCOCC2)cc(C(=O)NCCCN2CCCC2=O)c1OC. The number of hydrogen-bond donors (Lipinski definition) is 1. The predicted octanol–water partition coefficient (Wildman–Crippen LogP) is 0.467. The Morgan fingerprint density at radius 3 is 2.52 bits per heavy atom. The summed E-state index contributed by atoms with van der Waals surface area (Å²) >= 11 is 0. The van der Waals surface area contributed by atoms with Gasteiger partial charge in [-0.3, -0.25) is 9.59 Å². The van der Waals surface area contributed by atoms with Crippen LogP contribution in [-0.2, 0) is 19.6 Å². The van der Waals surface area contributed by atoms with Gasteiger partial charge in [-0.2, -0.15) is 4.31 Å². The minimum atomic E-state index is -3.82. The largest absolute Gasteiger partial charge is 0.493 e. The van der Waals surface area contributed by atoms with E-state index in [-0.39, 0.29) is 41.0 Å². The van der Waals surface area contributed by atoms with Crippen LogP contribution in [0.1, 0.15) is 29.6 Å². The fourth-order valence-corrected chi connectivity index (χ4v) is 5.15. The number of nitrogens with zero attached hydrogens (tertiary/aromatic N) is 2. The van der Waals surface area contributed by atoms with E-state index in [4.69, 9.17) is 14.2 Å². The van der Waals surface area contributed by atoms with E-state index < -0.39 is 15.9 Å². The zero-order chi connectivity index (χ0) is 22.4. The molecule has 0 spiro atoms. The molecule has 0 saturated carbocycles. The van der Waals surface area contributed by atoms with Crippen molar-refractivity contribution in [3.05, 3.63) is 17.7 Å². The molecule has 0 atom stereocenters. The summed E-state index contributed by atoms with van der Waals surface area (Å²) in [5.41, 5.74) is 0.0749. The van der Waals surface area contributed by atoms with Crippen LogP contribution >= 0.6 is 0 Å². The lowest BCUT2D eigenvalue weighted by molar-refractivity contribution is -0.127. The van der Waals surface area contributed by atoms with Gasteiger partial charge < -0.3 is 24.4 Å². The molecule has 3 rings (SSSR count). The summed E-state index contributed by atoms with van der Waals surface area (Å²) in [6, 6.07) is 2.67. The molecule has 0 unspecified atom stereocenters. The monoisotopic (exact) mass is 455 g/mol. The molecule has 2 heterocycles. The topological polar surface area (TPSA) is 114 Å². The van der Waals surface area contributed by atoms with Crippen molar-refractivity contribution in [2.75, 3.05) is 60.2 Å². The van der Waals surface area contributed by atoms with Gasteiger partial charge in [-0.1, -0.05) is 0 Å². The number of amides is 2. The van der Waals surface area contributed by atoms with Crippen LogP contribution in [0.4, 0.5) is 0 Å². The summed E-state index contributed by atoms with van der Waals surface area (Å²) in [6.45, 7) is 2.79. The van der Waals surface area contributed by atoms with Crippen molar-refractivity contribution in [2.24, 2.45) is 0 Å². The fourth-order valence-electron chi connectivity index (χ4n) is 3.70. The number of hydrogen-bond acceptors (Lipinski definition) is 7. The highest BCUT2D eigenvalue weighted by atomic mass is 32.2. The van der Waals surface area contributed by atoms with Crippen LogP contribution in [0, 0.1) is 0 Å². The number of sulfonamides is 1. The molecule has 1 aromatic rings. The summed E-state index contributed by atoms with van der Waals surface area (Å²) in [6.07, 6.45) is 2.04. The van der Waals surface area contributed by atoms with Gasteiger partial charge in [-0.25, -0.2) is 8.42 Å². The third kappa shape index (κ3) is 5.28. The zero-order valence-electron chi connectivity index (χ0n) is 17.9. The highest BCUT2D eigenvalue weighted by Gasteiger charge is 2.30. The van der Waals surface area contributed by atoms with Crippen molar-refractivity contribution < 1.29 is 32.2 Å². The van der Waals surface area contributed by atoms with Crippen LogP contribution in [0.15, 0.2) is 17.0 Å². The maximum Gasteiger partial charge on any atom is 0.255 e. The first-order valence-corrected chi connectivity index (χ1v) is 11.7. The quantitative estimate of drug-likeness (QED) is 0.538. The second-order valence-electron chi connectivity index (χ2n) is 7.32. The van der Waals surface area contributed by atoms with Crippen LogP contribution in [0.25, 0.3) is 0 Å². The highest BCUT2D eigenvalue weighted by molar-refractivity contribution is 7.89. The van der Waals surface area contributed by atoms with Crippen LogP contribution in [0.5, 0.6) is 11.5 Å². The second kappa shape index (κ2) is 10.3. The molecular weight excluding hydrogens is 426 g/mol. The Kier molecular flexibility index (Phi) is 7.74. The van der Waals surface area contributed by atoms with Crippen molar-refractivity contribution in [3.63, 3.8) is 0 Å². The molecule has 1 N–H and O–H groups in total. The summed E-state index contributed by atoms with van der Waals surface area (Å²) in [5.74, 6) is -0.0130. The number of carbonyl (C=O) groups excluding carboxylic acids is 2. The van der Waals surface area contributed by atoms with E-state index in [1.54, 1.807) is 4.90 Å². The van der Waals surface area contributed by atoms with Crippen LogP contribution in [0.3, 0.4) is 0 Å². The molecule has 0 bridgehead atoms. The summed E-state index contributed by atoms with van der Waals surface area (Å²) in [7, 11) is -1.05. The number of ether oxygens (including phenoxy) is 3. The van der Waals surface area contributed by atoms with E-state index in [0.717, 1.165) is 13.0 Å². The molecule has 10 nitrogen and oxygen atoms in total. The number of nitrogens with one attached hydrogen (secondary N) is 1. The second-order valence-corrected chi connectivity index (χ2v) is 9.25. The van der Waals surface area contributed by atoms with Gasteiger partial charge in [0, 0.05) is 45.2 Å². The third-order valence-corrected chi connectivity index (χ3v) is 7.24. The van der Waals surface area contributed by atoms with Gasteiger partial charge in [0.15, 0.2) is 11.5 Å². The van der Waals surface area contributed by atoms with Gasteiger partial charge in [-0.15, -0.1) is 0 Å². The molecule has 0 aliphatic carbocycles. The highest BCUT2D eigenvalue weighted by Crippen LogP contribution is 2.35. The Morgan fingerprint density at radius 2 is 1.90 bits per heavy atom. The Labute approximate surface area is 182 Å². The first-order chi connectivity index (χ1) is 14.9. The van der Waals surface area contributed by atoms with Crippen LogP contribution < -0.4 is 14.8 Å². The van der Waals surface area contributed by atoms with E-state index in [1.807, 2.05) is 0 Å². The first kappa shape index (κ1) is 23.3. The number of morpholine rings is 1. The first-order valence-electron chi connectivity index (χ1n) is 10.3. The molecule has 0 aromatic heterocycles. The van der Waals surface area contributed by atoms with E-state index in [0.29, 0.717) is 39.1 Å². The molecule has 2 aliphatic rings. The molecule has 172 valence electrons. The summed E-state index contributed by atoms with van der Waals surface area (Å²) in [4.78, 5) is 26.3. The van der Waals surface area contributed by atoms with Crippen molar-refractivity contribution in [1.82, 2.24) is 14.5 Å². The molecule has 2 saturated heterocycles. The average molecular weight is 456 g/mol. The van der Waals surface area contributed by atoms with Crippen LogP contribution in [0.2, 0.25) is 0 Å². The molecule has 11 heteroatoms. The molecule has 0 radical (unpaired) electrons. The lowest BCUT2D eigenvalue weighted by Crippen LogP contribution is -2.40. The Balaban J connectivity index is 1.76. The molecule has 1 aromatic carbocycles. The maximum atomic E-state index is 13.1. The van der Waals surface area contributed by atoms with Gasteiger partial charge in [-0.05, 0) is 18.9 Å².